The number of amides is 1. The van der Waals surface area contributed by atoms with Crippen LogP contribution in [0, 0.1) is 6.92 Å². The van der Waals surface area contributed by atoms with Crippen molar-refractivity contribution in [2.45, 2.75) is 6.92 Å². The third-order valence-corrected chi connectivity index (χ3v) is 4.14. The second-order valence-corrected chi connectivity index (χ2v) is 5.47. The van der Waals surface area contributed by atoms with E-state index in [1.807, 2.05) is 0 Å². The molecule has 0 saturated heterocycles. The lowest BCUT2D eigenvalue weighted by Crippen LogP contribution is -2.13. The number of nitrogens with one attached hydrogen (secondary N) is 1. The van der Waals surface area contributed by atoms with Gasteiger partial charge in [0.15, 0.2) is 0 Å². The van der Waals surface area contributed by atoms with Gasteiger partial charge in [-0.15, -0.1) is 0 Å². The monoisotopic (exact) mass is 358 g/mol. The SMILES string of the molecule is Cc1cc(Cl)c(C(=O)Nc2cccc(Cl)c2Br)cn1. The number of nitrogens with zero attached hydrogens (tertiary/aromatic N) is 1. The minimum atomic E-state index is -0.333. The first-order valence-corrected chi connectivity index (χ1v) is 6.91. The Hall–Kier alpha value is -1.10. The second-order valence-electron chi connectivity index (χ2n) is 3.86. The number of aromatic nitrogens is 1. The molecule has 0 unspecified atom stereocenters. The predicted molar refractivity (Wildman–Crippen MR) is 81.1 cm³/mol. The molecule has 1 heterocycles. The van der Waals surface area contributed by atoms with Gasteiger partial charge in [-0.2, -0.15) is 0 Å². The lowest BCUT2D eigenvalue weighted by atomic mass is 10.2. The van der Waals surface area contributed by atoms with E-state index in [0.29, 0.717) is 25.8 Å². The average Bonchev–Trinajstić information content (AvgIpc) is 2.34. The first-order chi connectivity index (χ1) is 8.99. The van der Waals surface area contributed by atoms with Crippen LogP contribution in [0.25, 0.3) is 0 Å². The molecule has 98 valence electrons. The number of carbonyl (C=O) groups is 1. The molecule has 0 saturated carbocycles. The number of pyridine rings is 1. The number of benzene rings is 1. The minimum absolute atomic E-state index is 0.319. The van der Waals surface area contributed by atoms with E-state index in [1.54, 1.807) is 31.2 Å². The molecule has 1 N–H and O–H groups in total. The maximum absolute atomic E-state index is 12.1. The summed E-state index contributed by atoms with van der Waals surface area (Å²) in [5.74, 6) is -0.333. The number of carbonyl (C=O) groups excluding carboxylic acids is 1. The van der Waals surface area contributed by atoms with Crippen LogP contribution in [0.5, 0.6) is 0 Å². The van der Waals surface area contributed by atoms with Gasteiger partial charge in [0.05, 0.1) is 25.8 Å². The van der Waals surface area contributed by atoms with Gasteiger partial charge >= 0.3 is 0 Å². The van der Waals surface area contributed by atoms with Crippen LogP contribution >= 0.6 is 39.1 Å². The maximum Gasteiger partial charge on any atom is 0.258 e. The molecular formula is C13H9BrCl2N2O. The molecule has 0 aliphatic rings. The Morgan fingerprint density at radius 3 is 2.74 bits per heavy atom. The van der Waals surface area contributed by atoms with Crippen molar-refractivity contribution >= 4 is 50.7 Å². The summed E-state index contributed by atoms with van der Waals surface area (Å²) in [4.78, 5) is 16.2. The molecule has 1 aromatic carbocycles. The molecule has 0 spiro atoms. The Morgan fingerprint density at radius 2 is 2.05 bits per heavy atom. The quantitative estimate of drug-likeness (QED) is 0.843. The van der Waals surface area contributed by atoms with Gasteiger partial charge in [-0.05, 0) is 41.1 Å². The Balaban J connectivity index is 2.28. The fourth-order valence-corrected chi connectivity index (χ4v) is 2.31. The van der Waals surface area contributed by atoms with E-state index in [-0.39, 0.29) is 5.91 Å². The smallest absolute Gasteiger partial charge is 0.258 e. The Bertz CT molecular complexity index is 647. The molecule has 1 aromatic heterocycles. The molecular weight excluding hydrogens is 351 g/mol. The van der Waals surface area contributed by atoms with Gasteiger partial charge in [0.2, 0.25) is 0 Å². The molecule has 0 aliphatic carbocycles. The summed E-state index contributed by atoms with van der Waals surface area (Å²) in [5, 5.41) is 3.62. The number of hydrogen-bond acceptors (Lipinski definition) is 2. The van der Waals surface area contributed by atoms with Gasteiger partial charge in [-0.1, -0.05) is 29.3 Å². The third kappa shape index (κ3) is 3.26. The van der Waals surface area contributed by atoms with Crippen LogP contribution in [0.2, 0.25) is 10.0 Å². The van der Waals surface area contributed by atoms with Gasteiger partial charge < -0.3 is 5.32 Å². The standard InChI is InChI=1S/C13H9BrCl2N2O/c1-7-5-10(16)8(6-17-7)13(19)18-11-4-2-3-9(15)12(11)14/h2-6H,1H3,(H,18,19). The summed E-state index contributed by atoms with van der Waals surface area (Å²) in [5.41, 5.74) is 1.65. The van der Waals surface area contributed by atoms with Crippen molar-refractivity contribution in [1.82, 2.24) is 4.98 Å². The lowest BCUT2D eigenvalue weighted by molar-refractivity contribution is 0.102. The molecule has 0 aliphatic heterocycles. The van der Waals surface area contributed by atoms with Crippen LogP contribution in [0.3, 0.4) is 0 Å². The number of aryl methyl sites for hydroxylation is 1. The molecule has 3 nitrogen and oxygen atoms in total. The summed E-state index contributed by atoms with van der Waals surface area (Å²) in [6, 6.07) is 6.85. The number of rotatable bonds is 2. The van der Waals surface area contributed by atoms with Crippen LogP contribution in [0.1, 0.15) is 16.1 Å². The fourth-order valence-electron chi connectivity index (χ4n) is 1.48. The summed E-state index contributed by atoms with van der Waals surface area (Å²) in [7, 11) is 0. The van der Waals surface area contributed by atoms with E-state index in [4.69, 9.17) is 23.2 Å². The highest BCUT2D eigenvalue weighted by molar-refractivity contribution is 9.10. The molecule has 1 amide bonds. The first kappa shape index (κ1) is 14.3. The highest BCUT2D eigenvalue weighted by Crippen LogP contribution is 2.30. The summed E-state index contributed by atoms with van der Waals surface area (Å²) in [6.45, 7) is 1.81. The van der Waals surface area contributed by atoms with E-state index in [2.05, 4.69) is 26.2 Å². The fraction of sp³-hybridized carbons (Fsp3) is 0.0769. The number of halogens is 3. The van der Waals surface area contributed by atoms with Crippen molar-refractivity contribution in [1.29, 1.82) is 0 Å². The van der Waals surface area contributed by atoms with E-state index >= 15 is 0 Å². The van der Waals surface area contributed by atoms with Crippen molar-refractivity contribution in [3.8, 4) is 0 Å². The van der Waals surface area contributed by atoms with Crippen molar-refractivity contribution in [2.75, 3.05) is 5.32 Å². The van der Waals surface area contributed by atoms with Crippen molar-refractivity contribution in [3.63, 3.8) is 0 Å². The summed E-state index contributed by atoms with van der Waals surface area (Å²) < 4.78 is 0.626. The van der Waals surface area contributed by atoms with Gasteiger partial charge in [-0.3, -0.25) is 9.78 Å². The van der Waals surface area contributed by atoms with Crippen molar-refractivity contribution in [2.24, 2.45) is 0 Å². The molecule has 19 heavy (non-hydrogen) atoms. The van der Waals surface area contributed by atoms with E-state index in [9.17, 15) is 4.79 Å². The zero-order valence-corrected chi connectivity index (χ0v) is 13.0. The van der Waals surface area contributed by atoms with Crippen LogP contribution in [0.15, 0.2) is 34.9 Å². The average molecular weight is 360 g/mol. The Kier molecular flexibility index (Phi) is 4.45. The highest BCUT2D eigenvalue weighted by atomic mass is 79.9. The van der Waals surface area contributed by atoms with Gasteiger partial charge in [-0.25, -0.2) is 0 Å². The van der Waals surface area contributed by atoms with Crippen LogP contribution in [-0.4, -0.2) is 10.9 Å². The molecule has 0 radical (unpaired) electrons. The summed E-state index contributed by atoms with van der Waals surface area (Å²) >= 11 is 15.3. The minimum Gasteiger partial charge on any atom is -0.321 e. The number of anilines is 1. The molecule has 2 aromatic rings. The number of hydrogen-bond donors (Lipinski definition) is 1. The second kappa shape index (κ2) is 5.90. The van der Waals surface area contributed by atoms with E-state index in [0.717, 1.165) is 5.69 Å². The highest BCUT2D eigenvalue weighted by Gasteiger charge is 2.13. The van der Waals surface area contributed by atoms with Crippen LogP contribution < -0.4 is 5.32 Å². The molecule has 6 heteroatoms. The van der Waals surface area contributed by atoms with Crippen LogP contribution in [-0.2, 0) is 0 Å². The van der Waals surface area contributed by atoms with Gasteiger partial charge in [0.25, 0.3) is 5.91 Å². The molecule has 0 atom stereocenters. The zero-order chi connectivity index (χ0) is 14.0. The van der Waals surface area contributed by atoms with Crippen molar-refractivity contribution < 1.29 is 4.79 Å². The van der Waals surface area contributed by atoms with E-state index in [1.165, 1.54) is 6.20 Å². The maximum atomic E-state index is 12.1. The molecule has 0 fully saturated rings. The van der Waals surface area contributed by atoms with Crippen molar-refractivity contribution in [3.05, 3.63) is 56.2 Å². The molecule has 2 rings (SSSR count). The largest absolute Gasteiger partial charge is 0.321 e. The lowest BCUT2D eigenvalue weighted by Gasteiger charge is -2.09. The first-order valence-electron chi connectivity index (χ1n) is 5.36. The third-order valence-electron chi connectivity index (χ3n) is 2.43. The van der Waals surface area contributed by atoms with Gasteiger partial charge in [0, 0.05) is 11.9 Å². The summed E-state index contributed by atoms with van der Waals surface area (Å²) in [6.07, 6.45) is 1.45. The van der Waals surface area contributed by atoms with E-state index < -0.39 is 0 Å². The molecule has 0 bridgehead atoms. The zero-order valence-electron chi connectivity index (χ0n) is 9.88. The van der Waals surface area contributed by atoms with Crippen LogP contribution in [0.4, 0.5) is 5.69 Å². The Morgan fingerprint density at radius 1 is 1.32 bits per heavy atom. The normalized spacial score (nSPS) is 10.3. The Labute approximate surface area is 129 Å². The van der Waals surface area contributed by atoms with Gasteiger partial charge in [0.1, 0.15) is 0 Å². The topological polar surface area (TPSA) is 42.0 Å². The predicted octanol–water partition coefficient (Wildman–Crippen LogP) is 4.71.